The van der Waals surface area contributed by atoms with Gasteiger partial charge in [-0.15, -0.1) is 0 Å². The molecule has 0 radical (unpaired) electrons. The summed E-state index contributed by atoms with van der Waals surface area (Å²) < 4.78 is 0. The van der Waals surface area contributed by atoms with Crippen molar-refractivity contribution in [1.29, 1.82) is 5.26 Å². The van der Waals surface area contributed by atoms with Gasteiger partial charge in [0.25, 0.3) is 0 Å². The number of carbonyl (C=O) groups excluding carboxylic acids is 1. The van der Waals surface area contributed by atoms with Crippen molar-refractivity contribution in [1.82, 2.24) is 4.90 Å². The predicted octanol–water partition coefficient (Wildman–Crippen LogP) is 2.37. The van der Waals surface area contributed by atoms with Gasteiger partial charge in [-0.25, -0.2) is 0 Å². The number of nitriles is 1. The van der Waals surface area contributed by atoms with Gasteiger partial charge in [0, 0.05) is 13.2 Å². The van der Waals surface area contributed by atoms with Crippen LogP contribution in [0.5, 0.6) is 0 Å². The molecule has 1 amide bonds. The molecule has 1 unspecified atom stereocenters. The molecule has 0 saturated carbocycles. The van der Waals surface area contributed by atoms with E-state index in [4.69, 9.17) is 10.4 Å². The molecule has 0 bridgehead atoms. The molecular weight excluding hydrogens is 278 g/mol. The monoisotopic (exact) mass is 303 g/mol. The topological polar surface area (TPSA) is 76.4 Å². The smallest absolute Gasteiger partial charge is 0.241 e. The fourth-order valence-electron chi connectivity index (χ4n) is 2.23. The maximum Gasteiger partial charge on any atom is 0.241 e. The minimum atomic E-state index is -0.301. The Hall–Kier alpha value is -1.90. The zero-order chi connectivity index (χ0) is 16.4. The minimum absolute atomic E-state index is 0.119. The Morgan fingerprint density at radius 1 is 1.36 bits per heavy atom. The van der Waals surface area contributed by atoms with Gasteiger partial charge >= 0.3 is 0 Å². The molecule has 0 aliphatic heterocycles. The molecule has 0 aliphatic carbocycles. The number of carbonyl (C=O) groups is 1. The van der Waals surface area contributed by atoms with E-state index in [0.29, 0.717) is 24.2 Å². The van der Waals surface area contributed by atoms with Crippen molar-refractivity contribution < 1.29 is 9.90 Å². The lowest BCUT2D eigenvalue weighted by Gasteiger charge is -2.28. The molecule has 0 fully saturated rings. The third-order valence-corrected chi connectivity index (χ3v) is 3.63. The Bertz CT molecular complexity index is 503. The first-order valence-corrected chi connectivity index (χ1v) is 7.79. The van der Waals surface area contributed by atoms with E-state index in [0.717, 1.165) is 19.4 Å². The van der Waals surface area contributed by atoms with Crippen LogP contribution in [-0.4, -0.2) is 41.7 Å². The van der Waals surface area contributed by atoms with Crippen LogP contribution >= 0.6 is 0 Å². The highest BCUT2D eigenvalue weighted by Gasteiger charge is 2.21. The number of rotatable bonds is 9. The predicted molar refractivity (Wildman–Crippen MR) is 87.4 cm³/mol. The first kappa shape index (κ1) is 18.1. The minimum Gasteiger partial charge on any atom is -0.396 e. The van der Waals surface area contributed by atoms with E-state index in [9.17, 15) is 4.79 Å². The van der Waals surface area contributed by atoms with Crippen LogP contribution in [0.15, 0.2) is 24.3 Å². The summed E-state index contributed by atoms with van der Waals surface area (Å²) in [6.07, 6.45) is 2.72. The van der Waals surface area contributed by atoms with Crippen LogP contribution in [0.4, 0.5) is 5.69 Å². The van der Waals surface area contributed by atoms with E-state index in [1.807, 2.05) is 6.92 Å². The number of para-hydroxylation sites is 1. The van der Waals surface area contributed by atoms with Crippen LogP contribution in [0.3, 0.4) is 0 Å². The highest BCUT2D eigenvalue weighted by atomic mass is 16.3. The maximum absolute atomic E-state index is 12.4. The van der Waals surface area contributed by atoms with Crippen LogP contribution in [0, 0.1) is 11.3 Å². The summed E-state index contributed by atoms with van der Waals surface area (Å²) in [5.74, 6) is -0.128. The van der Waals surface area contributed by atoms with Crippen LogP contribution < -0.4 is 5.32 Å². The van der Waals surface area contributed by atoms with Crippen LogP contribution in [0.2, 0.25) is 0 Å². The van der Waals surface area contributed by atoms with Crippen molar-refractivity contribution >= 4 is 11.6 Å². The lowest BCUT2D eigenvalue weighted by molar-refractivity contribution is -0.120. The van der Waals surface area contributed by atoms with E-state index in [1.54, 1.807) is 24.3 Å². The lowest BCUT2D eigenvalue weighted by Crippen LogP contribution is -2.43. The van der Waals surface area contributed by atoms with Crippen molar-refractivity contribution in [3.05, 3.63) is 29.8 Å². The second kappa shape index (κ2) is 9.93. The normalized spacial score (nSPS) is 12.0. The first-order chi connectivity index (χ1) is 10.6. The number of aliphatic hydroxyl groups excluding tert-OH is 1. The molecule has 0 aliphatic rings. The van der Waals surface area contributed by atoms with E-state index in [1.165, 1.54) is 0 Å². The standard InChI is InChI=1S/C17H25N3O2/c1-3-4-10-20(11-7-12-21)14(2)17(22)19-16-9-6-5-8-15(16)13-18/h5-6,8-9,14,21H,3-4,7,10-12H2,1-2H3,(H,19,22). The fraction of sp³-hybridized carbons (Fsp3) is 0.529. The second-order valence-electron chi connectivity index (χ2n) is 5.29. The average Bonchev–Trinajstić information content (AvgIpc) is 2.55. The fourth-order valence-corrected chi connectivity index (χ4v) is 2.23. The van der Waals surface area contributed by atoms with Crippen LogP contribution in [0.1, 0.15) is 38.7 Å². The van der Waals surface area contributed by atoms with Gasteiger partial charge in [0.1, 0.15) is 6.07 Å². The van der Waals surface area contributed by atoms with Gasteiger partial charge in [0.05, 0.1) is 17.3 Å². The molecule has 120 valence electrons. The number of hydrogen-bond acceptors (Lipinski definition) is 4. The molecule has 5 nitrogen and oxygen atoms in total. The molecule has 0 spiro atoms. The third kappa shape index (κ3) is 5.47. The van der Waals surface area contributed by atoms with Crippen molar-refractivity contribution in [2.45, 2.75) is 39.2 Å². The molecule has 22 heavy (non-hydrogen) atoms. The Morgan fingerprint density at radius 2 is 2.05 bits per heavy atom. The van der Waals surface area contributed by atoms with Gasteiger partial charge in [-0.3, -0.25) is 9.69 Å². The highest BCUT2D eigenvalue weighted by molar-refractivity contribution is 5.95. The summed E-state index contributed by atoms with van der Waals surface area (Å²) in [6.45, 7) is 5.60. The summed E-state index contributed by atoms with van der Waals surface area (Å²) in [6, 6.07) is 8.75. The van der Waals surface area contributed by atoms with Gasteiger partial charge in [-0.1, -0.05) is 25.5 Å². The van der Waals surface area contributed by atoms with Crippen LogP contribution in [0.25, 0.3) is 0 Å². The van der Waals surface area contributed by atoms with Gasteiger partial charge in [-0.2, -0.15) is 5.26 Å². The van der Waals surface area contributed by atoms with Crippen molar-refractivity contribution in [2.24, 2.45) is 0 Å². The number of hydrogen-bond donors (Lipinski definition) is 2. The van der Waals surface area contributed by atoms with Crippen molar-refractivity contribution in [3.63, 3.8) is 0 Å². The molecule has 5 heteroatoms. The SMILES string of the molecule is CCCCN(CCCO)C(C)C(=O)Nc1ccccc1C#N. The molecule has 1 aromatic rings. The zero-order valence-electron chi connectivity index (χ0n) is 13.4. The van der Waals surface area contributed by atoms with E-state index in [-0.39, 0.29) is 18.6 Å². The first-order valence-electron chi connectivity index (χ1n) is 7.79. The maximum atomic E-state index is 12.4. The summed E-state index contributed by atoms with van der Waals surface area (Å²) in [7, 11) is 0. The Morgan fingerprint density at radius 3 is 2.68 bits per heavy atom. The zero-order valence-corrected chi connectivity index (χ0v) is 13.4. The summed E-state index contributed by atoms with van der Waals surface area (Å²) in [5.41, 5.74) is 0.998. The van der Waals surface area contributed by atoms with Gasteiger partial charge in [-0.05, 0) is 38.4 Å². The Kier molecular flexibility index (Phi) is 8.19. The highest BCUT2D eigenvalue weighted by Crippen LogP contribution is 2.15. The molecular formula is C17H25N3O2. The van der Waals surface area contributed by atoms with E-state index < -0.39 is 0 Å². The van der Waals surface area contributed by atoms with Crippen LogP contribution in [-0.2, 0) is 4.79 Å². The van der Waals surface area contributed by atoms with Crippen molar-refractivity contribution in [3.8, 4) is 6.07 Å². The Balaban J connectivity index is 2.73. The van der Waals surface area contributed by atoms with E-state index in [2.05, 4.69) is 23.2 Å². The second-order valence-corrected chi connectivity index (χ2v) is 5.29. The van der Waals surface area contributed by atoms with E-state index >= 15 is 0 Å². The quantitative estimate of drug-likeness (QED) is 0.734. The molecule has 0 heterocycles. The molecule has 0 saturated heterocycles. The lowest BCUT2D eigenvalue weighted by atomic mass is 10.1. The largest absolute Gasteiger partial charge is 0.396 e. The number of unbranched alkanes of at least 4 members (excludes halogenated alkanes) is 1. The molecule has 1 atom stereocenters. The number of nitrogens with zero attached hydrogens (tertiary/aromatic N) is 2. The number of anilines is 1. The van der Waals surface area contributed by atoms with Gasteiger partial charge in [0.15, 0.2) is 0 Å². The summed E-state index contributed by atoms with van der Waals surface area (Å²) in [4.78, 5) is 14.5. The third-order valence-electron chi connectivity index (χ3n) is 3.63. The van der Waals surface area contributed by atoms with Gasteiger partial charge in [0.2, 0.25) is 5.91 Å². The number of benzene rings is 1. The Labute approximate surface area is 132 Å². The summed E-state index contributed by atoms with van der Waals surface area (Å²) in [5, 5.41) is 20.9. The number of aliphatic hydroxyl groups is 1. The molecule has 1 aromatic carbocycles. The average molecular weight is 303 g/mol. The van der Waals surface area contributed by atoms with Gasteiger partial charge < -0.3 is 10.4 Å². The molecule has 1 rings (SSSR count). The summed E-state index contributed by atoms with van der Waals surface area (Å²) >= 11 is 0. The molecule has 0 aromatic heterocycles. The van der Waals surface area contributed by atoms with Crippen molar-refractivity contribution in [2.75, 3.05) is 25.0 Å². The number of nitrogens with one attached hydrogen (secondary N) is 1. The molecule has 2 N–H and O–H groups in total. The number of amides is 1.